The van der Waals surface area contributed by atoms with Crippen molar-refractivity contribution >= 4 is 10.8 Å². The molecule has 0 fully saturated rings. The third-order valence-electron chi connectivity index (χ3n) is 5.87. The summed E-state index contributed by atoms with van der Waals surface area (Å²) in [5.41, 5.74) is 0.0896. The average molecular weight is 516 g/mol. The molecule has 4 rings (SSSR count). The van der Waals surface area contributed by atoms with Gasteiger partial charge in [0.2, 0.25) is 0 Å². The second-order valence-corrected chi connectivity index (χ2v) is 8.39. The van der Waals surface area contributed by atoms with Crippen molar-refractivity contribution in [1.82, 2.24) is 0 Å². The second kappa shape index (κ2) is 11.1. The van der Waals surface area contributed by atoms with Gasteiger partial charge in [0.05, 0.1) is 12.2 Å². The van der Waals surface area contributed by atoms with Gasteiger partial charge in [-0.15, -0.1) is 0 Å². The van der Waals surface area contributed by atoms with Crippen LogP contribution in [0.1, 0.15) is 27.8 Å². The average Bonchev–Trinajstić information content (AvgIpc) is 2.85. The number of hydrogen-bond donors (Lipinski definition) is 0. The summed E-state index contributed by atoms with van der Waals surface area (Å²) in [6.45, 7) is 0.309. The number of aryl methyl sites for hydroxylation is 1. The topological polar surface area (TPSA) is 9.23 Å². The molecule has 0 amide bonds. The van der Waals surface area contributed by atoms with Crippen molar-refractivity contribution in [3.05, 3.63) is 117 Å². The molecule has 190 valence electrons. The first-order valence-electron chi connectivity index (χ1n) is 11.2. The Bertz CT molecular complexity index is 1500. The minimum atomic E-state index is -1.60. The van der Waals surface area contributed by atoms with Gasteiger partial charge in [-0.05, 0) is 78.2 Å². The van der Waals surface area contributed by atoms with Crippen molar-refractivity contribution in [2.24, 2.45) is 0 Å². The smallest absolute Gasteiger partial charge is 0.195 e. The van der Waals surface area contributed by atoms with E-state index in [2.05, 4.69) is 11.8 Å². The minimum absolute atomic E-state index is 0.0227. The number of benzene rings is 4. The number of ether oxygens (including phenoxy) is 1. The van der Waals surface area contributed by atoms with Crippen LogP contribution in [0.4, 0.5) is 30.7 Å². The Morgan fingerprint density at radius 3 is 1.89 bits per heavy atom. The molecule has 8 heteroatoms. The van der Waals surface area contributed by atoms with E-state index in [-0.39, 0.29) is 40.3 Å². The van der Waals surface area contributed by atoms with Crippen LogP contribution in [0.25, 0.3) is 10.8 Å². The molecule has 37 heavy (non-hydrogen) atoms. The monoisotopic (exact) mass is 516 g/mol. The molecule has 0 atom stereocenters. The van der Waals surface area contributed by atoms with Crippen molar-refractivity contribution in [1.29, 1.82) is 0 Å². The lowest BCUT2D eigenvalue weighted by molar-refractivity contribution is 0.202. The summed E-state index contributed by atoms with van der Waals surface area (Å²) in [5, 5.41) is -0.130. The molecule has 0 saturated carbocycles. The summed E-state index contributed by atoms with van der Waals surface area (Å²) < 4.78 is 104. The van der Waals surface area contributed by atoms with Crippen LogP contribution in [-0.4, -0.2) is 13.7 Å². The van der Waals surface area contributed by atoms with E-state index in [0.717, 1.165) is 18.2 Å². The second-order valence-electron chi connectivity index (χ2n) is 8.39. The summed E-state index contributed by atoms with van der Waals surface area (Å²) in [6, 6.07) is 9.05. The Morgan fingerprint density at radius 2 is 1.24 bits per heavy atom. The van der Waals surface area contributed by atoms with E-state index < -0.39 is 46.3 Å². The molecule has 0 heterocycles. The molecule has 4 aromatic rings. The Hall–Kier alpha value is -3.83. The number of fused-ring (bicyclic) bond motifs is 1. The van der Waals surface area contributed by atoms with Crippen LogP contribution in [-0.2, 0) is 24.0 Å². The van der Waals surface area contributed by atoms with Gasteiger partial charge in [0.15, 0.2) is 17.5 Å². The Balaban J connectivity index is 1.53. The van der Waals surface area contributed by atoms with Gasteiger partial charge in [-0.2, -0.15) is 0 Å². The lowest BCUT2D eigenvalue weighted by Crippen LogP contribution is -2.04. The summed E-state index contributed by atoms with van der Waals surface area (Å²) in [7, 11) is 1.48. The molecule has 0 bridgehead atoms. The molecule has 0 N–H and O–H groups in total. The van der Waals surface area contributed by atoms with Crippen molar-refractivity contribution in [2.75, 3.05) is 13.7 Å². The third-order valence-corrected chi connectivity index (χ3v) is 5.87. The van der Waals surface area contributed by atoms with Crippen molar-refractivity contribution in [3.63, 3.8) is 0 Å². The molecule has 0 aliphatic carbocycles. The normalized spacial score (nSPS) is 11.0. The van der Waals surface area contributed by atoms with Gasteiger partial charge in [-0.25, -0.2) is 30.7 Å². The molecular weight excluding hydrogens is 497 g/mol. The Kier molecular flexibility index (Phi) is 7.84. The zero-order chi connectivity index (χ0) is 26.7. The first-order valence-corrected chi connectivity index (χ1v) is 11.2. The summed E-state index contributed by atoms with van der Waals surface area (Å²) >= 11 is 0. The molecule has 1 nitrogen and oxygen atoms in total. The highest BCUT2D eigenvalue weighted by Gasteiger charge is 2.15. The fourth-order valence-corrected chi connectivity index (χ4v) is 3.93. The zero-order valence-electron chi connectivity index (χ0n) is 19.5. The van der Waals surface area contributed by atoms with Gasteiger partial charge in [0, 0.05) is 23.6 Å². The SMILES string of the molecule is COCCc1cc(F)c(CCc2cc(F)c(C#Cc3ccc4c(F)c(F)c(F)cc4c3)c(F)c2)c(F)c1. The van der Waals surface area contributed by atoms with Gasteiger partial charge < -0.3 is 4.74 Å². The third kappa shape index (κ3) is 5.78. The molecule has 0 spiro atoms. The predicted octanol–water partition coefficient (Wildman–Crippen LogP) is 7.19. The number of methoxy groups -OCH3 is 1. The van der Waals surface area contributed by atoms with Crippen molar-refractivity contribution in [2.45, 2.75) is 19.3 Å². The number of halogens is 7. The Labute approximate surface area is 208 Å². The van der Waals surface area contributed by atoms with Crippen LogP contribution < -0.4 is 0 Å². The van der Waals surface area contributed by atoms with Crippen LogP contribution in [0.2, 0.25) is 0 Å². The molecular formula is C29H19F7O. The lowest BCUT2D eigenvalue weighted by Gasteiger charge is -2.09. The van der Waals surface area contributed by atoms with E-state index in [1.54, 1.807) is 0 Å². The van der Waals surface area contributed by atoms with Gasteiger partial charge >= 0.3 is 0 Å². The molecule has 0 aliphatic rings. The fourth-order valence-electron chi connectivity index (χ4n) is 3.93. The summed E-state index contributed by atoms with van der Waals surface area (Å²) in [4.78, 5) is 0. The maximum atomic E-state index is 14.6. The zero-order valence-corrected chi connectivity index (χ0v) is 19.5. The highest BCUT2D eigenvalue weighted by atomic mass is 19.2. The van der Waals surface area contributed by atoms with Crippen LogP contribution in [0.3, 0.4) is 0 Å². The highest BCUT2D eigenvalue weighted by Crippen LogP contribution is 2.24. The van der Waals surface area contributed by atoms with Crippen LogP contribution >= 0.6 is 0 Å². The molecule has 0 radical (unpaired) electrons. The van der Waals surface area contributed by atoms with Crippen LogP contribution in [0.5, 0.6) is 0 Å². The van der Waals surface area contributed by atoms with E-state index in [1.807, 2.05) is 0 Å². The maximum Gasteiger partial charge on any atom is 0.195 e. The van der Waals surface area contributed by atoms with Crippen molar-refractivity contribution in [3.8, 4) is 11.8 Å². The fraction of sp³-hybridized carbons (Fsp3) is 0.172. The summed E-state index contributed by atoms with van der Waals surface area (Å²) in [6.07, 6.45) is 0.206. The van der Waals surface area contributed by atoms with E-state index in [1.165, 1.54) is 37.4 Å². The largest absolute Gasteiger partial charge is 0.384 e. The lowest BCUT2D eigenvalue weighted by atomic mass is 9.99. The predicted molar refractivity (Wildman–Crippen MR) is 126 cm³/mol. The molecule has 0 unspecified atom stereocenters. The van der Waals surface area contributed by atoms with E-state index in [9.17, 15) is 30.7 Å². The molecule has 0 saturated heterocycles. The molecule has 0 aromatic heterocycles. The number of hydrogen-bond acceptors (Lipinski definition) is 1. The van der Waals surface area contributed by atoms with E-state index in [4.69, 9.17) is 4.74 Å². The standard InChI is InChI=1S/C29H19F7O/c1-37-9-8-18-13-25(32)22(26(33)14-18)7-4-17-11-23(30)21(24(31)12-17)6-3-16-2-5-20-19(10-16)15-27(34)29(36)28(20)35/h2,5,10-15H,4,7-9H2,1H3. The minimum Gasteiger partial charge on any atom is -0.384 e. The van der Waals surface area contributed by atoms with E-state index in [0.29, 0.717) is 18.6 Å². The van der Waals surface area contributed by atoms with Crippen LogP contribution in [0.15, 0.2) is 48.5 Å². The maximum absolute atomic E-state index is 14.6. The quantitative estimate of drug-likeness (QED) is 0.150. The highest BCUT2D eigenvalue weighted by molar-refractivity contribution is 5.84. The van der Waals surface area contributed by atoms with Gasteiger partial charge in [-0.3, -0.25) is 0 Å². The molecule has 4 aromatic carbocycles. The number of rotatable bonds is 6. The van der Waals surface area contributed by atoms with Crippen LogP contribution in [0, 0.1) is 52.6 Å². The first kappa shape index (κ1) is 26.2. The molecule has 0 aliphatic heterocycles. The first-order chi connectivity index (χ1) is 17.7. The van der Waals surface area contributed by atoms with Crippen molar-refractivity contribution < 1.29 is 35.5 Å². The van der Waals surface area contributed by atoms with Gasteiger partial charge in [0.1, 0.15) is 23.3 Å². The van der Waals surface area contributed by atoms with Gasteiger partial charge in [0.25, 0.3) is 0 Å². The van der Waals surface area contributed by atoms with E-state index >= 15 is 0 Å². The Morgan fingerprint density at radius 1 is 0.622 bits per heavy atom. The summed E-state index contributed by atoms with van der Waals surface area (Å²) in [5.74, 6) is -2.87. The van der Waals surface area contributed by atoms with Gasteiger partial charge in [-0.1, -0.05) is 17.9 Å².